The highest BCUT2D eigenvalue weighted by Gasteiger charge is 2.27. The Morgan fingerprint density at radius 1 is 0.717 bits per heavy atom. The molecule has 0 amide bonds. The molecule has 0 radical (unpaired) electrons. The van der Waals surface area contributed by atoms with Gasteiger partial charge in [0.25, 0.3) is 0 Å². The molecule has 1 aliphatic heterocycles. The summed E-state index contributed by atoms with van der Waals surface area (Å²) in [6, 6.07) is 25.9. The number of oxime groups is 1. The fourth-order valence-electron chi connectivity index (χ4n) is 5.25. The third-order valence-electron chi connectivity index (χ3n) is 7.69. The molecule has 1 aromatic heterocycles. The summed E-state index contributed by atoms with van der Waals surface area (Å²) in [7, 11) is 6.39. The first-order chi connectivity index (χ1) is 22.6. The van der Waals surface area contributed by atoms with E-state index < -0.39 is 0 Å². The monoisotopic (exact) mass is 640 g/mol. The minimum atomic E-state index is -0.267. The average Bonchev–Trinajstić information content (AvgIpc) is 3.77. The zero-order valence-electron chi connectivity index (χ0n) is 26.3. The Labute approximate surface area is 272 Å². The SMILES string of the molecule is COc1ccc(C2CC(c3cc(OC)c(OC)c(OC)c3)=NO2)cc1OCCCCOc1ccc(-c2nc3ccccc3s2)cc1. The van der Waals surface area contributed by atoms with Crippen LogP contribution < -0.4 is 28.4 Å². The summed E-state index contributed by atoms with van der Waals surface area (Å²) in [6.45, 7) is 1.12. The number of hydrogen-bond donors (Lipinski definition) is 0. The van der Waals surface area contributed by atoms with Crippen LogP contribution in [0.5, 0.6) is 34.5 Å². The molecule has 0 saturated heterocycles. The first-order valence-corrected chi connectivity index (χ1v) is 15.8. The van der Waals surface area contributed by atoms with Gasteiger partial charge in [-0.15, -0.1) is 11.3 Å². The van der Waals surface area contributed by atoms with Crippen LogP contribution in [0.4, 0.5) is 0 Å². The van der Waals surface area contributed by atoms with Crippen LogP contribution in [0.2, 0.25) is 0 Å². The Morgan fingerprint density at radius 2 is 1.43 bits per heavy atom. The van der Waals surface area contributed by atoms with E-state index in [1.165, 1.54) is 4.70 Å². The van der Waals surface area contributed by atoms with Gasteiger partial charge in [-0.3, -0.25) is 0 Å². The molecule has 46 heavy (non-hydrogen) atoms. The van der Waals surface area contributed by atoms with Gasteiger partial charge in [-0.2, -0.15) is 0 Å². The zero-order chi connectivity index (χ0) is 31.9. The molecule has 10 heteroatoms. The molecule has 0 saturated carbocycles. The van der Waals surface area contributed by atoms with Gasteiger partial charge >= 0.3 is 0 Å². The third kappa shape index (κ3) is 6.82. The smallest absolute Gasteiger partial charge is 0.203 e. The molecule has 0 fully saturated rings. The molecule has 0 bridgehead atoms. The molecule has 1 atom stereocenters. The fraction of sp³-hybridized carbons (Fsp3) is 0.278. The summed E-state index contributed by atoms with van der Waals surface area (Å²) >= 11 is 1.69. The van der Waals surface area contributed by atoms with Crippen molar-refractivity contribution in [2.24, 2.45) is 5.16 Å². The Morgan fingerprint density at radius 3 is 2.13 bits per heavy atom. The predicted molar refractivity (Wildman–Crippen MR) is 179 cm³/mol. The number of hydrogen-bond acceptors (Lipinski definition) is 10. The molecular formula is C36H36N2O7S. The summed E-state index contributed by atoms with van der Waals surface area (Å²) in [5, 5.41) is 5.38. The second-order valence-electron chi connectivity index (χ2n) is 10.6. The Kier molecular flexibility index (Phi) is 9.73. The Bertz CT molecular complexity index is 1760. The van der Waals surface area contributed by atoms with Crippen LogP contribution in [0.1, 0.15) is 36.5 Å². The lowest BCUT2D eigenvalue weighted by Crippen LogP contribution is -2.06. The van der Waals surface area contributed by atoms with Gasteiger partial charge in [-0.25, -0.2) is 4.98 Å². The van der Waals surface area contributed by atoms with Gasteiger partial charge in [0.05, 0.1) is 57.6 Å². The first kappa shape index (κ1) is 31.0. The molecular weight excluding hydrogens is 604 g/mol. The van der Waals surface area contributed by atoms with Crippen LogP contribution in [-0.2, 0) is 4.84 Å². The highest BCUT2D eigenvalue weighted by Crippen LogP contribution is 2.41. The summed E-state index contributed by atoms with van der Waals surface area (Å²) in [6.07, 6.45) is 1.98. The molecule has 1 unspecified atom stereocenters. The Hall–Kier alpha value is -4.96. The minimum absolute atomic E-state index is 0.267. The van der Waals surface area contributed by atoms with Crippen LogP contribution in [0.25, 0.3) is 20.8 Å². The van der Waals surface area contributed by atoms with E-state index in [1.807, 2.05) is 60.7 Å². The van der Waals surface area contributed by atoms with Gasteiger partial charge in [0, 0.05) is 17.5 Å². The molecule has 6 rings (SSSR count). The third-order valence-corrected chi connectivity index (χ3v) is 8.77. The second-order valence-corrected chi connectivity index (χ2v) is 11.6. The lowest BCUT2D eigenvalue weighted by Gasteiger charge is -2.15. The summed E-state index contributed by atoms with van der Waals surface area (Å²) < 4.78 is 35.3. The predicted octanol–water partition coefficient (Wildman–Crippen LogP) is 8.10. The topological polar surface area (TPSA) is 89.9 Å². The van der Waals surface area contributed by atoms with Crippen LogP contribution in [-0.4, -0.2) is 52.3 Å². The number of thiazole rings is 1. The first-order valence-electron chi connectivity index (χ1n) is 15.0. The summed E-state index contributed by atoms with van der Waals surface area (Å²) in [5.74, 6) is 3.82. The van der Waals surface area contributed by atoms with E-state index >= 15 is 0 Å². The lowest BCUT2D eigenvalue weighted by atomic mass is 9.99. The number of methoxy groups -OCH3 is 4. The van der Waals surface area contributed by atoms with Crippen molar-refractivity contribution < 1.29 is 33.3 Å². The molecule has 238 valence electrons. The molecule has 5 aromatic rings. The van der Waals surface area contributed by atoms with Gasteiger partial charge in [0.1, 0.15) is 10.8 Å². The molecule has 9 nitrogen and oxygen atoms in total. The van der Waals surface area contributed by atoms with Crippen LogP contribution >= 0.6 is 11.3 Å². The number of benzene rings is 4. The highest BCUT2D eigenvalue weighted by molar-refractivity contribution is 7.21. The van der Waals surface area contributed by atoms with Crippen molar-refractivity contribution in [2.75, 3.05) is 41.7 Å². The lowest BCUT2D eigenvalue weighted by molar-refractivity contribution is 0.0854. The standard InChI is InChI=1S/C36H36N2O7S/c1-39-29-16-13-24(30-22-28(38-45-30)25-20-32(40-2)35(42-4)33(21-25)41-3)19-31(29)44-18-8-7-17-43-26-14-11-23(12-15-26)36-37-27-9-5-6-10-34(27)46-36/h5-6,9-16,19-21,30H,7-8,17-18,22H2,1-4H3. The number of rotatable bonds is 14. The average molecular weight is 641 g/mol. The molecule has 2 heterocycles. The van der Waals surface area contributed by atoms with Crippen molar-refractivity contribution in [1.29, 1.82) is 0 Å². The number of ether oxygens (including phenoxy) is 6. The molecule has 0 spiro atoms. The number of nitrogens with zero attached hydrogens (tertiary/aromatic N) is 2. The Balaban J connectivity index is 0.994. The van der Waals surface area contributed by atoms with Crippen LogP contribution in [0.15, 0.2) is 84.0 Å². The highest BCUT2D eigenvalue weighted by atomic mass is 32.1. The molecule has 0 N–H and O–H groups in total. The van der Waals surface area contributed by atoms with E-state index in [1.54, 1.807) is 39.8 Å². The van der Waals surface area contributed by atoms with Crippen LogP contribution in [0, 0.1) is 0 Å². The maximum absolute atomic E-state index is 6.14. The molecule has 0 aliphatic carbocycles. The van der Waals surface area contributed by atoms with Crippen molar-refractivity contribution in [3.8, 4) is 45.1 Å². The van der Waals surface area contributed by atoms with E-state index in [4.69, 9.17) is 38.2 Å². The van der Waals surface area contributed by atoms with E-state index in [0.29, 0.717) is 48.4 Å². The van der Waals surface area contributed by atoms with Crippen molar-refractivity contribution in [1.82, 2.24) is 4.98 Å². The quantitative estimate of drug-likeness (QED) is 0.113. The zero-order valence-corrected chi connectivity index (χ0v) is 27.1. The van der Waals surface area contributed by atoms with Crippen LogP contribution in [0.3, 0.4) is 0 Å². The van der Waals surface area contributed by atoms with E-state index in [0.717, 1.165) is 51.5 Å². The number of aromatic nitrogens is 1. The van der Waals surface area contributed by atoms with Gasteiger partial charge < -0.3 is 33.3 Å². The number of para-hydroxylation sites is 1. The van der Waals surface area contributed by atoms with Gasteiger partial charge in [0.2, 0.25) is 5.75 Å². The van der Waals surface area contributed by atoms with Crippen molar-refractivity contribution >= 4 is 27.3 Å². The summed E-state index contributed by atoms with van der Waals surface area (Å²) in [5.41, 5.74) is 4.68. The summed E-state index contributed by atoms with van der Waals surface area (Å²) in [4.78, 5) is 10.6. The minimum Gasteiger partial charge on any atom is -0.494 e. The fourth-order valence-corrected chi connectivity index (χ4v) is 6.22. The number of unbranched alkanes of at least 4 members (excludes halogenated alkanes) is 1. The molecule has 1 aliphatic rings. The van der Waals surface area contributed by atoms with E-state index in [9.17, 15) is 0 Å². The van der Waals surface area contributed by atoms with Gasteiger partial charge in [-0.1, -0.05) is 23.4 Å². The van der Waals surface area contributed by atoms with E-state index in [2.05, 4.69) is 23.4 Å². The maximum Gasteiger partial charge on any atom is 0.203 e. The van der Waals surface area contributed by atoms with E-state index in [-0.39, 0.29) is 6.10 Å². The maximum atomic E-state index is 6.14. The largest absolute Gasteiger partial charge is 0.494 e. The second kappa shape index (κ2) is 14.4. The van der Waals surface area contributed by atoms with Gasteiger partial charge in [0.15, 0.2) is 29.1 Å². The van der Waals surface area contributed by atoms with Gasteiger partial charge in [-0.05, 0) is 79.1 Å². The molecule has 4 aromatic carbocycles. The van der Waals surface area contributed by atoms with Crippen molar-refractivity contribution in [2.45, 2.75) is 25.4 Å². The van der Waals surface area contributed by atoms with Crippen molar-refractivity contribution in [3.05, 3.63) is 90.0 Å². The van der Waals surface area contributed by atoms with Crippen molar-refractivity contribution in [3.63, 3.8) is 0 Å². The normalized spacial score (nSPS) is 14.0. The number of fused-ring (bicyclic) bond motifs is 1.